The summed E-state index contributed by atoms with van der Waals surface area (Å²) in [6.45, 7) is 2.61. The molecular formula is C22H22ClN5O2. The van der Waals surface area contributed by atoms with Gasteiger partial charge in [-0.2, -0.15) is 0 Å². The Hall–Kier alpha value is -3.32. The van der Waals surface area contributed by atoms with Crippen LogP contribution in [0, 0.1) is 0 Å². The molecule has 154 valence electrons. The zero-order chi connectivity index (χ0) is 20.9. The summed E-state index contributed by atoms with van der Waals surface area (Å²) in [5.41, 5.74) is 2.47. The van der Waals surface area contributed by atoms with Crippen LogP contribution in [0.5, 0.6) is 5.75 Å². The Bertz CT molecular complexity index is 1000. The zero-order valence-corrected chi connectivity index (χ0v) is 17.3. The molecule has 0 bridgehead atoms. The van der Waals surface area contributed by atoms with Gasteiger partial charge in [0.2, 0.25) is 0 Å². The van der Waals surface area contributed by atoms with Crippen LogP contribution < -0.4 is 15.0 Å². The number of carbonyl (C=O) groups excluding carboxylic acids is 1. The fourth-order valence-electron chi connectivity index (χ4n) is 3.30. The average Bonchev–Trinajstić information content (AvgIpc) is 2.81. The lowest BCUT2D eigenvalue weighted by Gasteiger charge is -2.35. The second-order valence-corrected chi connectivity index (χ2v) is 7.36. The summed E-state index contributed by atoms with van der Waals surface area (Å²) in [5, 5.41) is 12.3. The summed E-state index contributed by atoms with van der Waals surface area (Å²) in [4.78, 5) is 16.4. The summed E-state index contributed by atoms with van der Waals surface area (Å²) in [5.74, 6) is 1.59. The predicted octanol–water partition coefficient (Wildman–Crippen LogP) is 4.16. The maximum absolute atomic E-state index is 12.5. The Morgan fingerprint density at radius 1 is 1.00 bits per heavy atom. The largest absolute Gasteiger partial charge is 0.497 e. The second-order valence-electron chi connectivity index (χ2n) is 6.92. The molecule has 7 nitrogen and oxygen atoms in total. The Morgan fingerprint density at radius 3 is 2.43 bits per heavy atom. The van der Waals surface area contributed by atoms with Crippen LogP contribution in [0.2, 0.25) is 5.02 Å². The van der Waals surface area contributed by atoms with Crippen LogP contribution in [-0.4, -0.2) is 54.4 Å². The van der Waals surface area contributed by atoms with Gasteiger partial charge >= 0.3 is 6.03 Å². The van der Waals surface area contributed by atoms with Crippen LogP contribution in [0.3, 0.4) is 0 Å². The first kappa shape index (κ1) is 20.0. The van der Waals surface area contributed by atoms with Crippen molar-refractivity contribution in [3.8, 4) is 17.0 Å². The molecule has 0 unspecified atom stereocenters. The molecule has 1 saturated heterocycles. The molecule has 8 heteroatoms. The van der Waals surface area contributed by atoms with Crippen molar-refractivity contribution in [2.75, 3.05) is 43.5 Å². The number of urea groups is 1. The summed E-state index contributed by atoms with van der Waals surface area (Å²) >= 11 is 5.88. The van der Waals surface area contributed by atoms with Gasteiger partial charge in [-0.1, -0.05) is 23.7 Å². The zero-order valence-electron chi connectivity index (χ0n) is 16.6. The summed E-state index contributed by atoms with van der Waals surface area (Å²) in [7, 11) is 1.64. The van der Waals surface area contributed by atoms with E-state index >= 15 is 0 Å². The van der Waals surface area contributed by atoms with Gasteiger partial charge in [0.1, 0.15) is 5.75 Å². The number of carbonyl (C=O) groups is 1. The van der Waals surface area contributed by atoms with Crippen LogP contribution in [0.1, 0.15) is 0 Å². The molecule has 0 saturated carbocycles. The van der Waals surface area contributed by atoms with Gasteiger partial charge in [0.15, 0.2) is 5.82 Å². The highest BCUT2D eigenvalue weighted by molar-refractivity contribution is 6.30. The van der Waals surface area contributed by atoms with Gasteiger partial charge in [0.25, 0.3) is 0 Å². The van der Waals surface area contributed by atoms with E-state index in [0.717, 1.165) is 28.5 Å². The van der Waals surface area contributed by atoms with Gasteiger partial charge in [-0.25, -0.2) is 4.79 Å². The number of nitrogens with zero attached hydrogens (tertiary/aromatic N) is 4. The Kier molecular flexibility index (Phi) is 5.99. The van der Waals surface area contributed by atoms with Gasteiger partial charge in [-0.3, -0.25) is 0 Å². The van der Waals surface area contributed by atoms with Crippen molar-refractivity contribution in [1.29, 1.82) is 0 Å². The third-order valence-electron chi connectivity index (χ3n) is 5.00. The minimum absolute atomic E-state index is 0.114. The minimum Gasteiger partial charge on any atom is -0.497 e. The van der Waals surface area contributed by atoms with E-state index in [9.17, 15) is 4.79 Å². The number of piperazine rings is 1. The molecule has 1 aliphatic heterocycles. The third kappa shape index (κ3) is 4.63. The molecular weight excluding hydrogens is 402 g/mol. The average molecular weight is 424 g/mol. The van der Waals surface area contributed by atoms with Crippen molar-refractivity contribution in [1.82, 2.24) is 15.1 Å². The highest BCUT2D eigenvalue weighted by atomic mass is 35.5. The highest BCUT2D eigenvalue weighted by Gasteiger charge is 2.22. The topological polar surface area (TPSA) is 70.6 Å². The summed E-state index contributed by atoms with van der Waals surface area (Å²) < 4.78 is 5.27. The van der Waals surface area contributed by atoms with Crippen molar-refractivity contribution in [3.63, 3.8) is 0 Å². The molecule has 0 aliphatic carbocycles. The number of hydrogen-bond donors (Lipinski definition) is 1. The van der Waals surface area contributed by atoms with Gasteiger partial charge in [-0.15, -0.1) is 10.2 Å². The normalized spacial score (nSPS) is 13.8. The van der Waals surface area contributed by atoms with Crippen molar-refractivity contribution < 1.29 is 9.53 Å². The Morgan fingerprint density at radius 2 is 1.77 bits per heavy atom. The van der Waals surface area contributed by atoms with Crippen LogP contribution in [0.25, 0.3) is 11.3 Å². The van der Waals surface area contributed by atoms with E-state index in [-0.39, 0.29) is 6.03 Å². The van der Waals surface area contributed by atoms with Crippen molar-refractivity contribution >= 4 is 29.1 Å². The SMILES string of the molecule is COc1cccc(-c2ccc(N3CCN(C(=O)Nc4ccc(Cl)cc4)CC3)nn2)c1. The molecule has 30 heavy (non-hydrogen) atoms. The number of hydrogen-bond acceptors (Lipinski definition) is 5. The first-order valence-corrected chi connectivity index (χ1v) is 10.0. The fourth-order valence-corrected chi connectivity index (χ4v) is 3.43. The number of ether oxygens (including phenoxy) is 1. The quantitative estimate of drug-likeness (QED) is 0.682. The molecule has 0 spiro atoms. The molecule has 2 heterocycles. The van der Waals surface area contributed by atoms with Crippen LogP contribution in [0.15, 0.2) is 60.7 Å². The van der Waals surface area contributed by atoms with Crippen LogP contribution >= 0.6 is 11.6 Å². The molecule has 1 N–H and O–H groups in total. The number of halogens is 1. The summed E-state index contributed by atoms with van der Waals surface area (Å²) in [6.07, 6.45) is 0. The van der Waals surface area contributed by atoms with E-state index in [1.165, 1.54) is 0 Å². The van der Waals surface area contributed by atoms with Gasteiger partial charge in [-0.05, 0) is 48.5 Å². The van der Waals surface area contributed by atoms with E-state index in [1.807, 2.05) is 36.4 Å². The monoisotopic (exact) mass is 423 g/mol. The van der Waals surface area contributed by atoms with Gasteiger partial charge in [0.05, 0.1) is 12.8 Å². The molecule has 1 fully saturated rings. The highest BCUT2D eigenvalue weighted by Crippen LogP contribution is 2.23. The van der Waals surface area contributed by atoms with E-state index in [4.69, 9.17) is 16.3 Å². The molecule has 0 radical (unpaired) electrons. The van der Waals surface area contributed by atoms with E-state index < -0.39 is 0 Å². The van der Waals surface area contributed by atoms with Crippen LogP contribution in [-0.2, 0) is 0 Å². The molecule has 4 rings (SSSR count). The fraction of sp³-hybridized carbons (Fsp3) is 0.227. The molecule has 1 aliphatic rings. The Labute approximate surface area is 180 Å². The number of methoxy groups -OCH3 is 1. The van der Waals surface area contributed by atoms with E-state index in [2.05, 4.69) is 20.4 Å². The van der Waals surface area contributed by atoms with E-state index in [0.29, 0.717) is 31.2 Å². The smallest absolute Gasteiger partial charge is 0.321 e. The number of rotatable bonds is 4. The van der Waals surface area contributed by atoms with Gasteiger partial charge < -0.3 is 19.9 Å². The number of anilines is 2. The number of amides is 2. The number of aromatic nitrogens is 2. The minimum atomic E-state index is -0.114. The lowest BCUT2D eigenvalue weighted by molar-refractivity contribution is 0.208. The molecule has 3 aromatic rings. The molecule has 2 aromatic carbocycles. The second kappa shape index (κ2) is 9.00. The van der Waals surface area contributed by atoms with Gasteiger partial charge in [0, 0.05) is 42.5 Å². The van der Waals surface area contributed by atoms with Crippen molar-refractivity contribution in [2.24, 2.45) is 0 Å². The van der Waals surface area contributed by atoms with Crippen molar-refractivity contribution in [3.05, 3.63) is 65.7 Å². The van der Waals surface area contributed by atoms with Crippen LogP contribution in [0.4, 0.5) is 16.3 Å². The van der Waals surface area contributed by atoms with E-state index in [1.54, 1.807) is 36.3 Å². The maximum atomic E-state index is 12.5. The van der Waals surface area contributed by atoms with Crippen molar-refractivity contribution in [2.45, 2.75) is 0 Å². The first-order valence-electron chi connectivity index (χ1n) is 9.67. The molecule has 0 atom stereocenters. The lowest BCUT2D eigenvalue weighted by Crippen LogP contribution is -2.50. The molecule has 1 aromatic heterocycles. The maximum Gasteiger partial charge on any atom is 0.321 e. The third-order valence-corrected chi connectivity index (χ3v) is 5.25. The standard InChI is InChI=1S/C22H22ClN5O2/c1-30-19-4-2-3-16(15-19)20-9-10-21(26-25-20)27-11-13-28(14-12-27)22(29)24-18-7-5-17(23)6-8-18/h2-10,15H,11-14H2,1H3,(H,24,29). The lowest BCUT2D eigenvalue weighted by atomic mass is 10.1. The Balaban J connectivity index is 1.34. The number of nitrogens with one attached hydrogen (secondary N) is 1. The first-order chi connectivity index (χ1) is 14.6. The number of benzene rings is 2. The molecule has 2 amide bonds. The predicted molar refractivity (Wildman–Crippen MR) is 118 cm³/mol. The summed E-state index contributed by atoms with van der Waals surface area (Å²) in [6, 6.07) is 18.6.